The van der Waals surface area contributed by atoms with Crippen LogP contribution in [-0.4, -0.2) is 20.6 Å². The molecule has 0 radical (unpaired) electrons. The van der Waals surface area contributed by atoms with Crippen LogP contribution in [0.4, 0.5) is 0 Å². The predicted molar refractivity (Wildman–Crippen MR) is 99.5 cm³/mol. The number of aromatic nitrogens is 2. The Morgan fingerprint density at radius 1 is 0.880 bits per heavy atom. The van der Waals surface area contributed by atoms with Gasteiger partial charge in [-0.15, -0.1) is 0 Å². The minimum absolute atomic E-state index is 0.123. The number of nitrogens with zero attached hydrogens (tertiary/aromatic N) is 3. The summed E-state index contributed by atoms with van der Waals surface area (Å²) < 4.78 is 4.09. The summed E-state index contributed by atoms with van der Waals surface area (Å²) in [6.45, 7) is -0.123. The third kappa shape index (κ3) is 2.48. The Bertz CT molecular complexity index is 1010. The molecule has 2 aromatic heterocycles. The normalized spacial score (nSPS) is 11.6. The molecule has 0 aliphatic rings. The van der Waals surface area contributed by atoms with Crippen molar-refractivity contribution in [3.05, 3.63) is 82.2 Å². The molecule has 0 amide bonds. The van der Waals surface area contributed by atoms with Gasteiger partial charge in [-0.05, 0) is 23.3 Å². The second-order valence-corrected chi connectivity index (χ2v) is 6.49. The number of para-hydroxylation sites is 2. The van der Waals surface area contributed by atoms with E-state index >= 15 is 0 Å². The van der Waals surface area contributed by atoms with Gasteiger partial charge in [0, 0.05) is 53.2 Å². The lowest BCUT2D eigenvalue weighted by Gasteiger charge is -2.12. The Morgan fingerprint density at radius 3 is 1.76 bits per heavy atom. The lowest BCUT2D eigenvalue weighted by molar-refractivity contribution is -0.481. The molecule has 0 saturated heterocycles. The molecule has 2 aromatic carbocycles. The second kappa shape index (κ2) is 5.77. The second-order valence-electron chi connectivity index (χ2n) is 6.49. The first-order valence-corrected chi connectivity index (χ1v) is 8.26. The number of hydrogen-bond acceptors (Lipinski definition) is 2. The molecule has 0 atom stereocenters. The van der Waals surface area contributed by atoms with Gasteiger partial charge in [0.15, 0.2) is 0 Å². The smallest absolute Gasteiger partial charge is 0.214 e. The van der Waals surface area contributed by atoms with Crippen LogP contribution in [0.2, 0.25) is 0 Å². The van der Waals surface area contributed by atoms with Gasteiger partial charge < -0.3 is 9.13 Å². The van der Waals surface area contributed by atoms with Crippen LogP contribution in [-0.2, 0) is 14.1 Å². The van der Waals surface area contributed by atoms with Crippen LogP contribution < -0.4 is 0 Å². The molecule has 0 aliphatic carbocycles. The SMILES string of the molecule is Cn1cc(C(C[N+](=O)[O-])c2cn(C)c3ccccc23)c2ccccc21. The summed E-state index contributed by atoms with van der Waals surface area (Å²) in [6, 6.07) is 16.1. The fraction of sp³-hybridized carbons (Fsp3) is 0.200. The van der Waals surface area contributed by atoms with Gasteiger partial charge in [-0.3, -0.25) is 10.1 Å². The Kier molecular flexibility index (Phi) is 3.57. The Hall–Kier alpha value is -3.08. The van der Waals surface area contributed by atoms with Crippen molar-refractivity contribution >= 4 is 21.8 Å². The summed E-state index contributed by atoms with van der Waals surface area (Å²) in [5, 5.41) is 13.6. The molecule has 0 aliphatic heterocycles. The Balaban J connectivity index is 1.98. The standard InChI is InChI=1S/C20H19N3O2/c1-21-11-16(14-7-3-5-9-19(14)21)18(13-23(24)25)17-12-22(2)20-10-6-4-8-15(17)20/h3-12,18H,13H2,1-2H3. The average molecular weight is 333 g/mol. The van der Waals surface area contributed by atoms with Crippen molar-refractivity contribution in [3.63, 3.8) is 0 Å². The monoisotopic (exact) mass is 333 g/mol. The fourth-order valence-electron chi connectivity index (χ4n) is 3.81. The predicted octanol–water partition coefficient (Wildman–Crippen LogP) is 4.08. The zero-order valence-electron chi connectivity index (χ0n) is 14.2. The van der Waals surface area contributed by atoms with Gasteiger partial charge in [0.05, 0.1) is 5.92 Å². The molecule has 126 valence electrons. The number of hydrogen-bond donors (Lipinski definition) is 0. The molecule has 5 nitrogen and oxygen atoms in total. The van der Waals surface area contributed by atoms with E-state index < -0.39 is 0 Å². The van der Waals surface area contributed by atoms with Crippen molar-refractivity contribution in [2.45, 2.75) is 5.92 Å². The van der Waals surface area contributed by atoms with Crippen LogP contribution in [0.5, 0.6) is 0 Å². The van der Waals surface area contributed by atoms with E-state index in [0.717, 1.165) is 32.9 Å². The van der Waals surface area contributed by atoms with Crippen LogP contribution in [0.15, 0.2) is 60.9 Å². The average Bonchev–Trinajstić information content (AvgIpc) is 3.12. The minimum Gasteiger partial charge on any atom is -0.350 e. The lowest BCUT2D eigenvalue weighted by atomic mass is 9.91. The number of fused-ring (bicyclic) bond motifs is 2. The lowest BCUT2D eigenvalue weighted by Crippen LogP contribution is -2.13. The largest absolute Gasteiger partial charge is 0.350 e. The molecule has 0 bridgehead atoms. The molecule has 0 N–H and O–H groups in total. The number of aryl methyl sites for hydroxylation is 2. The third-order valence-corrected chi connectivity index (χ3v) is 4.94. The molecule has 4 aromatic rings. The van der Waals surface area contributed by atoms with E-state index in [1.807, 2.05) is 84.2 Å². The molecule has 0 unspecified atom stereocenters. The number of benzene rings is 2. The molecular formula is C20H19N3O2. The highest BCUT2D eigenvalue weighted by Gasteiger charge is 2.26. The molecule has 0 saturated carbocycles. The Labute approximate surface area is 145 Å². The van der Waals surface area contributed by atoms with E-state index in [1.54, 1.807) is 0 Å². The van der Waals surface area contributed by atoms with Gasteiger partial charge in [0.2, 0.25) is 6.54 Å². The summed E-state index contributed by atoms with van der Waals surface area (Å²) >= 11 is 0. The molecule has 0 spiro atoms. The highest BCUT2D eigenvalue weighted by Crippen LogP contribution is 2.36. The maximum Gasteiger partial charge on any atom is 0.214 e. The fourth-order valence-corrected chi connectivity index (χ4v) is 3.81. The van der Waals surface area contributed by atoms with Crippen molar-refractivity contribution in [2.75, 3.05) is 6.54 Å². The van der Waals surface area contributed by atoms with Gasteiger partial charge in [0.1, 0.15) is 0 Å². The van der Waals surface area contributed by atoms with Crippen molar-refractivity contribution in [2.24, 2.45) is 14.1 Å². The molecule has 4 rings (SSSR count). The highest BCUT2D eigenvalue weighted by molar-refractivity contribution is 5.88. The maximum atomic E-state index is 11.4. The van der Waals surface area contributed by atoms with Gasteiger partial charge >= 0.3 is 0 Å². The summed E-state index contributed by atoms with van der Waals surface area (Å²) in [5.74, 6) is -0.285. The first-order chi connectivity index (χ1) is 12.1. The van der Waals surface area contributed by atoms with Crippen LogP contribution in [0.3, 0.4) is 0 Å². The summed E-state index contributed by atoms with van der Waals surface area (Å²) in [4.78, 5) is 11.2. The van der Waals surface area contributed by atoms with Crippen LogP contribution in [0.1, 0.15) is 17.0 Å². The highest BCUT2D eigenvalue weighted by atomic mass is 16.6. The molecule has 2 heterocycles. The summed E-state index contributed by atoms with van der Waals surface area (Å²) in [7, 11) is 3.97. The van der Waals surface area contributed by atoms with Gasteiger partial charge in [0.25, 0.3) is 0 Å². The molecule has 0 fully saturated rings. The zero-order valence-corrected chi connectivity index (χ0v) is 14.2. The zero-order chi connectivity index (χ0) is 17.6. The third-order valence-electron chi connectivity index (χ3n) is 4.94. The van der Waals surface area contributed by atoms with Crippen LogP contribution in [0, 0.1) is 10.1 Å². The van der Waals surface area contributed by atoms with E-state index in [4.69, 9.17) is 0 Å². The summed E-state index contributed by atoms with van der Waals surface area (Å²) in [5.41, 5.74) is 4.19. The quantitative estimate of drug-likeness (QED) is 0.417. The maximum absolute atomic E-state index is 11.4. The van der Waals surface area contributed by atoms with Crippen molar-refractivity contribution in [3.8, 4) is 0 Å². The van der Waals surface area contributed by atoms with Crippen molar-refractivity contribution < 1.29 is 4.92 Å². The van der Waals surface area contributed by atoms with Crippen LogP contribution >= 0.6 is 0 Å². The molecule has 25 heavy (non-hydrogen) atoms. The topological polar surface area (TPSA) is 53.0 Å². The van der Waals surface area contributed by atoms with E-state index in [1.165, 1.54) is 0 Å². The first-order valence-electron chi connectivity index (χ1n) is 8.26. The van der Waals surface area contributed by atoms with Crippen molar-refractivity contribution in [1.82, 2.24) is 9.13 Å². The molecular weight excluding hydrogens is 314 g/mol. The van der Waals surface area contributed by atoms with E-state index in [2.05, 4.69) is 0 Å². The van der Waals surface area contributed by atoms with E-state index in [0.29, 0.717) is 0 Å². The van der Waals surface area contributed by atoms with Gasteiger partial charge in [-0.1, -0.05) is 36.4 Å². The number of nitro groups is 1. The van der Waals surface area contributed by atoms with Crippen molar-refractivity contribution in [1.29, 1.82) is 0 Å². The van der Waals surface area contributed by atoms with Gasteiger partial charge in [-0.2, -0.15) is 0 Å². The van der Waals surface area contributed by atoms with E-state index in [-0.39, 0.29) is 17.4 Å². The molecule has 5 heteroatoms. The van der Waals surface area contributed by atoms with Crippen LogP contribution in [0.25, 0.3) is 21.8 Å². The number of rotatable bonds is 4. The Morgan fingerprint density at radius 2 is 1.32 bits per heavy atom. The van der Waals surface area contributed by atoms with E-state index in [9.17, 15) is 10.1 Å². The first kappa shape index (κ1) is 15.4. The summed E-state index contributed by atoms with van der Waals surface area (Å²) in [6.07, 6.45) is 4.06. The van der Waals surface area contributed by atoms with Gasteiger partial charge in [-0.25, -0.2) is 0 Å². The minimum atomic E-state index is -0.285.